The Bertz CT molecular complexity index is 1520. The minimum absolute atomic E-state index is 0.0223. The fraction of sp³-hybridized carbons (Fsp3) is 0.176. The van der Waals surface area contributed by atoms with Gasteiger partial charge < -0.3 is 15.1 Å². The quantitative estimate of drug-likeness (QED) is 0.231. The highest BCUT2D eigenvalue weighted by Crippen LogP contribution is 2.42. The van der Waals surface area contributed by atoms with Crippen molar-refractivity contribution in [1.82, 2.24) is 5.32 Å². The lowest BCUT2D eigenvalue weighted by atomic mass is 10.1. The van der Waals surface area contributed by atoms with E-state index >= 15 is 0 Å². The molecule has 0 saturated carbocycles. The lowest BCUT2D eigenvalue weighted by Gasteiger charge is -2.30. The van der Waals surface area contributed by atoms with Crippen molar-refractivity contribution in [3.8, 4) is 0 Å². The third-order valence-corrected chi connectivity index (χ3v) is 7.97. The summed E-state index contributed by atoms with van der Waals surface area (Å²) >= 11 is 1.49. The fourth-order valence-corrected chi connectivity index (χ4v) is 5.87. The summed E-state index contributed by atoms with van der Waals surface area (Å²) in [6.07, 6.45) is 1.91. The minimum Gasteiger partial charge on any atom is -0.370 e. The number of nitrogens with one attached hydrogen (secondary N) is 1. The molecule has 6 heteroatoms. The molecule has 1 N–H and O–H groups in total. The first-order valence-corrected chi connectivity index (χ1v) is 14.4. The van der Waals surface area contributed by atoms with Gasteiger partial charge in [0.1, 0.15) is 0 Å². The highest BCUT2D eigenvalue weighted by molar-refractivity contribution is 8.04. The Labute approximate surface area is 240 Å². The van der Waals surface area contributed by atoms with Crippen LogP contribution in [0.25, 0.3) is 6.08 Å². The number of amides is 2. The van der Waals surface area contributed by atoms with Crippen LogP contribution in [0.1, 0.15) is 34.0 Å². The fourth-order valence-electron chi connectivity index (χ4n) is 4.81. The third kappa shape index (κ3) is 6.46. The summed E-state index contributed by atoms with van der Waals surface area (Å²) in [7, 11) is 0. The maximum Gasteiger partial charge on any atom is 0.265 e. The smallest absolute Gasteiger partial charge is 0.265 e. The second-order valence-electron chi connectivity index (χ2n) is 9.75. The Morgan fingerprint density at radius 3 is 2.42 bits per heavy atom. The van der Waals surface area contributed by atoms with Crippen LogP contribution in [0, 0.1) is 6.92 Å². The number of rotatable bonds is 9. The average molecular weight is 548 g/mol. The molecule has 0 bridgehead atoms. The molecule has 0 fully saturated rings. The van der Waals surface area contributed by atoms with Crippen molar-refractivity contribution in [3.05, 3.63) is 130 Å². The van der Waals surface area contributed by atoms with Crippen molar-refractivity contribution in [1.29, 1.82) is 0 Å². The number of anilines is 2. The molecule has 2 amide bonds. The zero-order chi connectivity index (χ0) is 27.9. The van der Waals surface area contributed by atoms with Gasteiger partial charge in [0.15, 0.2) is 0 Å². The standard InChI is InChI=1S/C34H33N3O2S/c1-3-36(29-12-5-4-6-13-29)21-20-35-33(38)28-18-16-26(17-19-28)23-32-34(39)37(24-27-11-9-10-25(2)22-27)30-14-7-8-15-31(30)40-32/h4-19,22-23H,3,20-21,24H2,1-2H3,(H,35,38). The number of aryl methyl sites for hydroxylation is 1. The molecule has 4 aromatic rings. The van der Waals surface area contributed by atoms with Crippen LogP contribution in [-0.4, -0.2) is 31.4 Å². The van der Waals surface area contributed by atoms with Crippen LogP contribution in [0.15, 0.2) is 113 Å². The van der Waals surface area contributed by atoms with Crippen molar-refractivity contribution in [2.75, 3.05) is 29.4 Å². The molecule has 0 atom stereocenters. The Morgan fingerprint density at radius 1 is 0.925 bits per heavy atom. The van der Waals surface area contributed by atoms with Gasteiger partial charge in [-0.15, -0.1) is 0 Å². The minimum atomic E-state index is -0.107. The van der Waals surface area contributed by atoms with Crippen LogP contribution in [0.3, 0.4) is 0 Å². The number of benzene rings is 4. The number of fused-ring (bicyclic) bond motifs is 1. The molecule has 0 saturated heterocycles. The lowest BCUT2D eigenvalue weighted by molar-refractivity contribution is -0.114. The van der Waals surface area contributed by atoms with Gasteiger partial charge in [-0.1, -0.05) is 84.1 Å². The van der Waals surface area contributed by atoms with Crippen molar-refractivity contribution in [2.45, 2.75) is 25.3 Å². The van der Waals surface area contributed by atoms with Crippen molar-refractivity contribution >= 4 is 41.0 Å². The number of likely N-dealkylation sites (N-methyl/N-ethyl adjacent to an activating group) is 1. The molecule has 202 valence electrons. The van der Waals surface area contributed by atoms with Gasteiger partial charge in [0, 0.05) is 35.8 Å². The van der Waals surface area contributed by atoms with Gasteiger partial charge in [0.05, 0.1) is 17.1 Å². The first-order valence-electron chi connectivity index (χ1n) is 13.6. The van der Waals surface area contributed by atoms with Crippen LogP contribution < -0.4 is 15.1 Å². The summed E-state index contributed by atoms with van der Waals surface area (Å²) in [5.41, 5.74) is 5.81. The molecule has 4 aromatic carbocycles. The molecule has 5 rings (SSSR count). The number of para-hydroxylation sites is 2. The second kappa shape index (κ2) is 12.7. The lowest BCUT2D eigenvalue weighted by Crippen LogP contribution is -2.34. The van der Waals surface area contributed by atoms with E-state index in [0.29, 0.717) is 23.6 Å². The molecule has 1 aliphatic heterocycles. The zero-order valence-corrected chi connectivity index (χ0v) is 23.7. The number of hydrogen-bond donors (Lipinski definition) is 1. The average Bonchev–Trinajstić information content (AvgIpc) is 2.98. The summed E-state index contributed by atoms with van der Waals surface area (Å²) in [5.74, 6) is -0.129. The number of carbonyl (C=O) groups excluding carboxylic acids is 2. The van der Waals surface area contributed by atoms with Gasteiger partial charge in [-0.05, 0) is 67.4 Å². The Kier molecular flexibility index (Phi) is 8.67. The first kappa shape index (κ1) is 27.3. The zero-order valence-electron chi connectivity index (χ0n) is 22.8. The van der Waals surface area contributed by atoms with E-state index in [1.807, 2.05) is 77.7 Å². The van der Waals surface area contributed by atoms with Crippen molar-refractivity contribution in [2.24, 2.45) is 0 Å². The molecule has 1 heterocycles. The second-order valence-corrected chi connectivity index (χ2v) is 10.8. The van der Waals surface area contributed by atoms with Gasteiger partial charge in [-0.25, -0.2) is 0 Å². The topological polar surface area (TPSA) is 52.7 Å². The molecule has 1 aliphatic rings. The molecule has 5 nitrogen and oxygen atoms in total. The first-order chi connectivity index (χ1) is 19.5. The summed E-state index contributed by atoms with van der Waals surface area (Å²) in [5, 5.41) is 3.02. The van der Waals surface area contributed by atoms with E-state index in [9.17, 15) is 9.59 Å². The Hall–Kier alpha value is -4.29. The monoisotopic (exact) mass is 547 g/mol. The number of thioether (sulfide) groups is 1. The summed E-state index contributed by atoms with van der Waals surface area (Å²) in [6, 6.07) is 33.9. The van der Waals surface area contributed by atoms with E-state index in [2.05, 4.69) is 60.5 Å². The molecular weight excluding hydrogens is 514 g/mol. The van der Waals surface area contributed by atoms with Crippen molar-refractivity contribution < 1.29 is 9.59 Å². The van der Waals surface area contributed by atoms with Crippen LogP contribution in [0.4, 0.5) is 11.4 Å². The van der Waals surface area contributed by atoms with Crippen LogP contribution in [0.5, 0.6) is 0 Å². The van der Waals surface area contributed by atoms with E-state index in [1.165, 1.54) is 17.3 Å². The van der Waals surface area contributed by atoms with E-state index in [1.54, 1.807) is 0 Å². The van der Waals surface area contributed by atoms with Gasteiger partial charge in [0.2, 0.25) is 0 Å². The van der Waals surface area contributed by atoms with Gasteiger partial charge in [-0.2, -0.15) is 0 Å². The maximum absolute atomic E-state index is 13.6. The highest BCUT2D eigenvalue weighted by Gasteiger charge is 2.29. The molecule has 0 aromatic heterocycles. The molecular formula is C34H33N3O2S. The Balaban J connectivity index is 1.26. The number of carbonyl (C=O) groups is 2. The number of hydrogen-bond acceptors (Lipinski definition) is 4. The van der Waals surface area contributed by atoms with E-state index in [-0.39, 0.29) is 11.8 Å². The van der Waals surface area contributed by atoms with Crippen molar-refractivity contribution in [3.63, 3.8) is 0 Å². The van der Waals surface area contributed by atoms with Crippen LogP contribution in [-0.2, 0) is 11.3 Å². The maximum atomic E-state index is 13.6. The van der Waals surface area contributed by atoms with Crippen LogP contribution in [0.2, 0.25) is 0 Å². The van der Waals surface area contributed by atoms with Gasteiger partial charge >= 0.3 is 0 Å². The molecule has 0 unspecified atom stereocenters. The van der Waals surface area contributed by atoms with Gasteiger partial charge in [0.25, 0.3) is 11.8 Å². The summed E-state index contributed by atoms with van der Waals surface area (Å²) < 4.78 is 0. The summed E-state index contributed by atoms with van der Waals surface area (Å²) in [6.45, 7) is 6.83. The van der Waals surface area contributed by atoms with E-state index in [0.717, 1.165) is 40.5 Å². The van der Waals surface area contributed by atoms with Crippen LogP contribution >= 0.6 is 11.8 Å². The van der Waals surface area contributed by atoms with Gasteiger partial charge in [-0.3, -0.25) is 9.59 Å². The molecule has 0 radical (unpaired) electrons. The summed E-state index contributed by atoms with van der Waals surface area (Å²) in [4.78, 5) is 32.2. The normalized spacial score (nSPS) is 13.7. The third-order valence-electron chi connectivity index (χ3n) is 6.90. The molecule has 40 heavy (non-hydrogen) atoms. The van der Waals surface area contributed by atoms with E-state index < -0.39 is 0 Å². The highest BCUT2D eigenvalue weighted by atomic mass is 32.2. The van der Waals surface area contributed by atoms with E-state index in [4.69, 9.17) is 0 Å². The predicted octanol–water partition coefficient (Wildman–Crippen LogP) is 6.93. The molecule has 0 aliphatic carbocycles. The molecule has 0 spiro atoms. The number of nitrogens with zero attached hydrogens (tertiary/aromatic N) is 2. The largest absolute Gasteiger partial charge is 0.370 e. The Morgan fingerprint density at radius 2 is 1.68 bits per heavy atom. The predicted molar refractivity (Wildman–Crippen MR) is 166 cm³/mol. The SMILES string of the molecule is CCN(CCNC(=O)c1ccc(C=C2Sc3ccccc3N(Cc3cccc(C)c3)C2=O)cc1)c1ccccc1.